The summed E-state index contributed by atoms with van der Waals surface area (Å²) in [6, 6.07) is 16.6. The van der Waals surface area contributed by atoms with Crippen LogP contribution in [-0.2, 0) is 0 Å². The quantitative estimate of drug-likeness (QED) is 0.477. The fourth-order valence-corrected chi connectivity index (χ4v) is 2.49. The number of carbonyl (C=O) groups excluding carboxylic acids is 1. The van der Waals surface area contributed by atoms with Gasteiger partial charge in [-0.3, -0.25) is 4.79 Å². The van der Waals surface area contributed by atoms with Crippen molar-refractivity contribution in [2.75, 3.05) is 14.2 Å². The van der Waals surface area contributed by atoms with E-state index in [0.29, 0.717) is 11.3 Å². The molecule has 0 bridgehead atoms. The van der Waals surface area contributed by atoms with Crippen LogP contribution >= 0.6 is 0 Å². The fourth-order valence-electron chi connectivity index (χ4n) is 2.49. The Morgan fingerprint density at radius 2 is 1.80 bits per heavy atom. The molecule has 3 rings (SSSR count). The predicted molar refractivity (Wildman–Crippen MR) is 97.1 cm³/mol. The first-order valence-corrected chi connectivity index (χ1v) is 7.79. The van der Waals surface area contributed by atoms with Gasteiger partial charge in [-0.25, -0.2) is 0 Å². The third-order valence-electron chi connectivity index (χ3n) is 3.83. The molecule has 0 saturated carbocycles. The van der Waals surface area contributed by atoms with E-state index in [-0.39, 0.29) is 5.78 Å². The molecule has 126 valence electrons. The van der Waals surface area contributed by atoms with Crippen LogP contribution in [0.3, 0.4) is 0 Å². The zero-order chi connectivity index (χ0) is 17.6. The Bertz CT molecular complexity index is 875. The maximum absolute atomic E-state index is 12.2. The smallest absolute Gasteiger partial charge is 0.185 e. The molecule has 0 unspecified atom stereocenters. The van der Waals surface area contributed by atoms with Crippen LogP contribution in [0.15, 0.2) is 71.4 Å². The second kappa shape index (κ2) is 7.53. The van der Waals surface area contributed by atoms with Crippen LogP contribution in [0.1, 0.15) is 16.1 Å². The van der Waals surface area contributed by atoms with Gasteiger partial charge in [0.15, 0.2) is 5.78 Å². The molecule has 0 fully saturated rings. The molecule has 0 atom stereocenters. The Morgan fingerprint density at radius 1 is 1.00 bits per heavy atom. The maximum Gasteiger partial charge on any atom is 0.185 e. The molecule has 4 nitrogen and oxygen atoms in total. The molecular formula is C21H18O4. The molecule has 25 heavy (non-hydrogen) atoms. The first-order valence-electron chi connectivity index (χ1n) is 7.79. The molecule has 1 heterocycles. The average Bonchev–Trinajstić information content (AvgIpc) is 3.19. The van der Waals surface area contributed by atoms with Crippen molar-refractivity contribution in [1.29, 1.82) is 0 Å². The van der Waals surface area contributed by atoms with Crippen LogP contribution in [0.5, 0.6) is 11.5 Å². The summed E-state index contributed by atoms with van der Waals surface area (Å²) in [5.41, 5.74) is 2.46. The van der Waals surface area contributed by atoms with Crippen molar-refractivity contribution >= 4 is 11.9 Å². The lowest BCUT2D eigenvalue weighted by Crippen LogP contribution is -1.94. The minimum absolute atomic E-state index is 0.0828. The Balaban J connectivity index is 1.84. The number of benzene rings is 2. The third-order valence-corrected chi connectivity index (χ3v) is 3.83. The molecule has 0 saturated heterocycles. The van der Waals surface area contributed by atoms with E-state index in [1.807, 2.05) is 30.3 Å². The van der Waals surface area contributed by atoms with Gasteiger partial charge in [-0.2, -0.15) is 0 Å². The maximum atomic E-state index is 12.2. The summed E-state index contributed by atoms with van der Waals surface area (Å²) in [4.78, 5) is 12.2. The minimum Gasteiger partial charge on any atom is -0.497 e. The van der Waals surface area contributed by atoms with Crippen molar-refractivity contribution in [1.82, 2.24) is 0 Å². The molecule has 0 N–H and O–H groups in total. The van der Waals surface area contributed by atoms with Gasteiger partial charge >= 0.3 is 0 Å². The number of ketones is 1. The molecular weight excluding hydrogens is 316 g/mol. The number of carbonyl (C=O) groups is 1. The second-order valence-electron chi connectivity index (χ2n) is 5.36. The van der Waals surface area contributed by atoms with Gasteiger partial charge in [-0.15, -0.1) is 0 Å². The van der Waals surface area contributed by atoms with Crippen molar-refractivity contribution in [3.05, 3.63) is 78.3 Å². The fraction of sp³-hybridized carbons (Fsp3) is 0.0952. The summed E-state index contributed by atoms with van der Waals surface area (Å²) < 4.78 is 15.9. The van der Waals surface area contributed by atoms with Crippen molar-refractivity contribution in [2.45, 2.75) is 0 Å². The lowest BCUT2D eigenvalue weighted by atomic mass is 10.0. The van der Waals surface area contributed by atoms with Crippen LogP contribution in [-0.4, -0.2) is 20.0 Å². The van der Waals surface area contributed by atoms with Crippen molar-refractivity contribution in [3.63, 3.8) is 0 Å². The normalized spacial score (nSPS) is 10.8. The highest BCUT2D eigenvalue weighted by Gasteiger charge is 2.09. The first kappa shape index (κ1) is 16.6. The van der Waals surface area contributed by atoms with Crippen LogP contribution in [0.4, 0.5) is 0 Å². The zero-order valence-corrected chi connectivity index (χ0v) is 14.1. The lowest BCUT2D eigenvalue weighted by Gasteiger charge is -2.11. The van der Waals surface area contributed by atoms with Crippen molar-refractivity contribution in [3.8, 4) is 22.6 Å². The van der Waals surface area contributed by atoms with E-state index in [4.69, 9.17) is 13.9 Å². The van der Waals surface area contributed by atoms with Crippen molar-refractivity contribution in [2.24, 2.45) is 0 Å². The molecule has 2 aromatic carbocycles. The molecule has 3 aromatic rings. The van der Waals surface area contributed by atoms with E-state index in [0.717, 1.165) is 22.6 Å². The van der Waals surface area contributed by atoms with Crippen LogP contribution in [0, 0.1) is 0 Å². The summed E-state index contributed by atoms with van der Waals surface area (Å²) in [5.74, 6) is 2.06. The van der Waals surface area contributed by atoms with Gasteiger partial charge in [0.25, 0.3) is 0 Å². The number of rotatable bonds is 6. The van der Waals surface area contributed by atoms with E-state index in [1.54, 1.807) is 50.8 Å². The minimum atomic E-state index is -0.0828. The summed E-state index contributed by atoms with van der Waals surface area (Å²) in [6.07, 6.45) is 4.72. The zero-order valence-electron chi connectivity index (χ0n) is 14.1. The number of hydrogen-bond donors (Lipinski definition) is 0. The van der Waals surface area contributed by atoms with Gasteiger partial charge in [0.05, 0.1) is 20.5 Å². The van der Waals surface area contributed by atoms with Crippen LogP contribution < -0.4 is 9.47 Å². The summed E-state index contributed by atoms with van der Waals surface area (Å²) >= 11 is 0. The molecule has 0 aliphatic carbocycles. The van der Waals surface area contributed by atoms with E-state index in [9.17, 15) is 4.79 Å². The molecule has 4 heteroatoms. The monoisotopic (exact) mass is 334 g/mol. The summed E-state index contributed by atoms with van der Waals surface area (Å²) in [7, 11) is 3.25. The van der Waals surface area contributed by atoms with Gasteiger partial charge in [-0.05, 0) is 48.0 Å². The topological polar surface area (TPSA) is 48.7 Å². The van der Waals surface area contributed by atoms with Gasteiger partial charge in [-0.1, -0.05) is 24.3 Å². The summed E-state index contributed by atoms with van der Waals surface area (Å²) in [6.45, 7) is 0. The highest BCUT2D eigenvalue weighted by molar-refractivity contribution is 6.06. The van der Waals surface area contributed by atoms with Gasteiger partial charge in [0, 0.05) is 11.1 Å². The first-order chi connectivity index (χ1) is 12.2. The van der Waals surface area contributed by atoms with E-state index in [1.165, 1.54) is 6.08 Å². The molecule has 0 amide bonds. The number of furan rings is 1. The van der Waals surface area contributed by atoms with E-state index < -0.39 is 0 Å². The van der Waals surface area contributed by atoms with Crippen molar-refractivity contribution < 1.29 is 18.7 Å². The second-order valence-corrected chi connectivity index (χ2v) is 5.36. The predicted octanol–water partition coefficient (Wildman–Crippen LogP) is 4.86. The molecule has 0 aliphatic rings. The summed E-state index contributed by atoms with van der Waals surface area (Å²) in [5, 5.41) is 0. The largest absolute Gasteiger partial charge is 0.497 e. The van der Waals surface area contributed by atoms with Gasteiger partial charge in [0.2, 0.25) is 0 Å². The lowest BCUT2D eigenvalue weighted by molar-refractivity contribution is 0.104. The number of methoxy groups -OCH3 is 2. The number of ether oxygens (including phenoxy) is 2. The average molecular weight is 334 g/mol. The highest BCUT2D eigenvalue weighted by atomic mass is 16.5. The third kappa shape index (κ3) is 3.80. The SMILES string of the molecule is COc1ccc(OC)c(-c2ccc(C(=O)/C=C/c3ccco3)cc2)c1. The Morgan fingerprint density at radius 3 is 2.44 bits per heavy atom. The Hall–Kier alpha value is -3.27. The Labute approximate surface area is 146 Å². The van der Waals surface area contributed by atoms with Crippen LogP contribution in [0.25, 0.3) is 17.2 Å². The number of allylic oxidation sites excluding steroid dienone is 1. The van der Waals surface area contributed by atoms with Gasteiger partial charge in [0.1, 0.15) is 17.3 Å². The van der Waals surface area contributed by atoms with E-state index >= 15 is 0 Å². The Kier molecular flexibility index (Phi) is 5.00. The molecule has 1 aromatic heterocycles. The number of hydrogen-bond acceptors (Lipinski definition) is 4. The van der Waals surface area contributed by atoms with Gasteiger partial charge < -0.3 is 13.9 Å². The van der Waals surface area contributed by atoms with Crippen LogP contribution in [0.2, 0.25) is 0 Å². The standard InChI is InChI=1S/C21H18O4/c1-23-18-10-12-21(24-2)19(14-18)15-5-7-16(8-6-15)20(22)11-9-17-4-3-13-25-17/h3-14H,1-2H3/b11-9+. The molecule has 0 spiro atoms. The molecule has 0 aliphatic heterocycles. The highest BCUT2D eigenvalue weighted by Crippen LogP contribution is 2.33. The van der Waals surface area contributed by atoms with E-state index in [2.05, 4.69) is 0 Å². The molecule has 0 radical (unpaired) electrons.